The normalized spacial score (nSPS) is 13.8. The highest BCUT2D eigenvalue weighted by Gasteiger charge is 2.32. The third kappa shape index (κ3) is 5.23. The summed E-state index contributed by atoms with van der Waals surface area (Å²) >= 11 is 0. The van der Waals surface area contributed by atoms with Crippen LogP contribution in [0.4, 0.5) is 5.69 Å². The molecule has 1 atom stereocenters. The van der Waals surface area contributed by atoms with Crippen LogP contribution in [0.2, 0.25) is 0 Å². The van der Waals surface area contributed by atoms with Crippen LogP contribution in [0.1, 0.15) is 23.6 Å². The van der Waals surface area contributed by atoms with Crippen molar-refractivity contribution in [3.8, 4) is 0 Å². The van der Waals surface area contributed by atoms with Crippen LogP contribution in [0.15, 0.2) is 73.3 Å². The first-order chi connectivity index (χ1) is 15.6. The van der Waals surface area contributed by atoms with Crippen molar-refractivity contribution in [3.63, 3.8) is 0 Å². The van der Waals surface area contributed by atoms with Crippen LogP contribution in [-0.2, 0) is 22.6 Å². The lowest BCUT2D eigenvalue weighted by molar-refractivity contribution is -0.128. The third-order valence-electron chi connectivity index (χ3n) is 5.81. The quantitative estimate of drug-likeness (QED) is 0.566. The van der Waals surface area contributed by atoms with Crippen LogP contribution < -0.4 is 10.2 Å². The van der Waals surface area contributed by atoms with E-state index in [0.717, 1.165) is 30.8 Å². The summed E-state index contributed by atoms with van der Waals surface area (Å²) < 4.78 is 1.73. The maximum absolute atomic E-state index is 13.4. The fourth-order valence-electron chi connectivity index (χ4n) is 4.13. The van der Waals surface area contributed by atoms with Crippen LogP contribution in [0.5, 0.6) is 0 Å². The molecule has 0 saturated heterocycles. The van der Waals surface area contributed by atoms with Gasteiger partial charge in [-0.1, -0.05) is 48.5 Å². The summed E-state index contributed by atoms with van der Waals surface area (Å²) in [6, 6.07) is 17.6. The van der Waals surface area contributed by atoms with Gasteiger partial charge in [-0.05, 0) is 30.7 Å². The Hall–Kier alpha value is -3.45. The molecular formula is C25H29N5O2. The summed E-state index contributed by atoms with van der Waals surface area (Å²) in [6.45, 7) is 2.71. The Kier molecular flexibility index (Phi) is 6.97. The summed E-state index contributed by atoms with van der Waals surface area (Å²) in [6.07, 6.45) is 5.89. The molecule has 0 radical (unpaired) electrons. The first-order valence-electron chi connectivity index (χ1n) is 11.0. The predicted octanol–water partition coefficient (Wildman–Crippen LogP) is 2.65. The highest BCUT2D eigenvalue weighted by atomic mass is 16.2. The summed E-state index contributed by atoms with van der Waals surface area (Å²) in [7, 11) is 2.03. The van der Waals surface area contributed by atoms with Gasteiger partial charge in [0, 0.05) is 44.3 Å². The third-order valence-corrected chi connectivity index (χ3v) is 5.81. The molecule has 32 heavy (non-hydrogen) atoms. The van der Waals surface area contributed by atoms with Gasteiger partial charge >= 0.3 is 0 Å². The molecule has 166 valence electrons. The SMILES string of the molecule is CN(CCNC(=O)C[C@@H](C(=O)N1CCc2ccccc21)n1ccnc1)Cc1ccccc1. The van der Waals surface area contributed by atoms with Crippen LogP contribution in [0, 0.1) is 0 Å². The molecule has 4 rings (SSSR count). The van der Waals surface area contributed by atoms with Gasteiger partial charge in [0.15, 0.2) is 0 Å². The topological polar surface area (TPSA) is 70.5 Å². The maximum Gasteiger partial charge on any atom is 0.250 e. The largest absolute Gasteiger partial charge is 0.355 e. The van der Waals surface area contributed by atoms with E-state index in [4.69, 9.17) is 0 Å². The van der Waals surface area contributed by atoms with Crippen molar-refractivity contribution < 1.29 is 9.59 Å². The minimum Gasteiger partial charge on any atom is -0.355 e. The molecule has 3 aromatic rings. The minimum atomic E-state index is -0.620. The molecule has 0 unspecified atom stereocenters. The zero-order valence-electron chi connectivity index (χ0n) is 18.4. The average Bonchev–Trinajstić information content (AvgIpc) is 3.48. The second-order valence-electron chi connectivity index (χ2n) is 8.17. The van der Waals surface area contributed by atoms with Gasteiger partial charge in [0.1, 0.15) is 6.04 Å². The monoisotopic (exact) mass is 431 g/mol. The molecule has 2 heterocycles. The van der Waals surface area contributed by atoms with Gasteiger partial charge < -0.3 is 19.7 Å². The van der Waals surface area contributed by atoms with E-state index >= 15 is 0 Å². The molecule has 1 aromatic heterocycles. The number of fused-ring (bicyclic) bond motifs is 1. The van der Waals surface area contributed by atoms with E-state index in [1.807, 2.05) is 49.5 Å². The van der Waals surface area contributed by atoms with Gasteiger partial charge in [-0.25, -0.2) is 4.98 Å². The van der Waals surface area contributed by atoms with Crippen molar-refractivity contribution in [2.24, 2.45) is 0 Å². The van der Waals surface area contributed by atoms with Gasteiger partial charge in [-0.3, -0.25) is 9.59 Å². The number of hydrogen-bond acceptors (Lipinski definition) is 4. The average molecular weight is 432 g/mol. The van der Waals surface area contributed by atoms with Crippen LogP contribution in [-0.4, -0.2) is 52.9 Å². The molecule has 0 saturated carbocycles. The van der Waals surface area contributed by atoms with E-state index in [9.17, 15) is 9.59 Å². The zero-order chi connectivity index (χ0) is 22.3. The van der Waals surface area contributed by atoms with Gasteiger partial charge in [0.2, 0.25) is 5.91 Å². The van der Waals surface area contributed by atoms with E-state index in [-0.39, 0.29) is 18.2 Å². The molecular weight excluding hydrogens is 402 g/mol. The number of nitrogens with zero attached hydrogens (tertiary/aromatic N) is 4. The maximum atomic E-state index is 13.4. The molecule has 0 spiro atoms. The van der Waals surface area contributed by atoms with Crippen molar-refractivity contribution in [2.45, 2.75) is 25.4 Å². The number of imidazole rings is 1. The molecule has 2 aromatic carbocycles. The molecule has 1 N–H and O–H groups in total. The number of benzene rings is 2. The Labute approximate surface area is 188 Å². The molecule has 1 aliphatic rings. The number of likely N-dealkylation sites (N-methyl/N-ethyl adjacent to an activating group) is 1. The molecule has 2 amide bonds. The van der Waals surface area contributed by atoms with E-state index in [0.29, 0.717) is 13.1 Å². The van der Waals surface area contributed by atoms with E-state index < -0.39 is 6.04 Å². The van der Waals surface area contributed by atoms with Gasteiger partial charge in [0.25, 0.3) is 5.91 Å². The van der Waals surface area contributed by atoms with Crippen LogP contribution in [0.25, 0.3) is 0 Å². The number of hydrogen-bond donors (Lipinski definition) is 1. The predicted molar refractivity (Wildman–Crippen MR) is 124 cm³/mol. The number of carbonyl (C=O) groups is 2. The lowest BCUT2D eigenvalue weighted by atomic mass is 10.1. The number of para-hydroxylation sites is 1. The van der Waals surface area contributed by atoms with E-state index in [1.54, 1.807) is 28.2 Å². The molecule has 7 heteroatoms. The lowest BCUT2D eigenvalue weighted by Gasteiger charge is -2.25. The number of aromatic nitrogens is 2. The highest BCUT2D eigenvalue weighted by molar-refractivity contribution is 6.00. The molecule has 0 bridgehead atoms. The summed E-state index contributed by atoms with van der Waals surface area (Å²) in [5.74, 6) is -0.220. The summed E-state index contributed by atoms with van der Waals surface area (Å²) in [4.78, 5) is 34.2. The van der Waals surface area contributed by atoms with Crippen molar-refractivity contribution in [1.82, 2.24) is 19.8 Å². The second kappa shape index (κ2) is 10.2. The van der Waals surface area contributed by atoms with Crippen LogP contribution in [0.3, 0.4) is 0 Å². The fourth-order valence-corrected chi connectivity index (χ4v) is 4.13. The molecule has 0 fully saturated rings. The van der Waals surface area contributed by atoms with Gasteiger partial charge in [-0.2, -0.15) is 0 Å². The van der Waals surface area contributed by atoms with E-state index in [2.05, 4.69) is 27.3 Å². The Morgan fingerprint density at radius 3 is 2.69 bits per heavy atom. The Morgan fingerprint density at radius 1 is 1.12 bits per heavy atom. The van der Waals surface area contributed by atoms with Crippen molar-refractivity contribution in [3.05, 3.63) is 84.4 Å². The summed E-state index contributed by atoms with van der Waals surface area (Å²) in [5.41, 5.74) is 3.33. The fraction of sp³-hybridized carbons (Fsp3) is 0.320. The van der Waals surface area contributed by atoms with Gasteiger partial charge in [-0.15, -0.1) is 0 Å². The van der Waals surface area contributed by atoms with Crippen molar-refractivity contribution in [2.75, 3.05) is 31.6 Å². The van der Waals surface area contributed by atoms with Crippen LogP contribution >= 0.6 is 0 Å². The highest BCUT2D eigenvalue weighted by Crippen LogP contribution is 2.30. The number of rotatable bonds is 9. The van der Waals surface area contributed by atoms with Crippen molar-refractivity contribution >= 4 is 17.5 Å². The minimum absolute atomic E-state index is 0.0794. The number of nitrogens with one attached hydrogen (secondary N) is 1. The second-order valence-corrected chi connectivity index (χ2v) is 8.17. The molecule has 1 aliphatic heterocycles. The number of anilines is 1. The van der Waals surface area contributed by atoms with Crippen molar-refractivity contribution in [1.29, 1.82) is 0 Å². The first kappa shape index (κ1) is 21.8. The zero-order valence-corrected chi connectivity index (χ0v) is 18.4. The first-order valence-corrected chi connectivity index (χ1v) is 11.0. The number of carbonyl (C=O) groups excluding carboxylic acids is 2. The Balaban J connectivity index is 1.34. The Morgan fingerprint density at radius 2 is 1.91 bits per heavy atom. The standard InChI is InChI=1S/C25H29N5O2/c1-28(18-20-7-3-2-4-8-20)15-13-27-24(31)17-23(29-16-12-26-19-29)25(32)30-14-11-21-9-5-6-10-22(21)30/h2-10,12,16,19,23H,11,13-15,17-18H2,1H3,(H,27,31)/t23-/m0/s1. The molecule has 0 aliphatic carbocycles. The smallest absolute Gasteiger partial charge is 0.250 e. The Bertz CT molecular complexity index is 1040. The van der Waals surface area contributed by atoms with E-state index in [1.165, 1.54) is 5.56 Å². The number of amides is 2. The lowest BCUT2D eigenvalue weighted by Crippen LogP contribution is -2.40. The molecule has 7 nitrogen and oxygen atoms in total. The summed E-state index contributed by atoms with van der Waals surface area (Å²) in [5, 5.41) is 2.97. The van der Waals surface area contributed by atoms with Gasteiger partial charge in [0.05, 0.1) is 12.7 Å².